The van der Waals surface area contributed by atoms with Crippen LogP contribution in [0.3, 0.4) is 0 Å². The summed E-state index contributed by atoms with van der Waals surface area (Å²) >= 11 is 0. The smallest absolute Gasteiger partial charge is 0.257 e. The van der Waals surface area contributed by atoms with Gasteiger partial charge < -0.3 is 14.4 Å². The van der Waals surface area contributed by atoms with Crippen LogP contribution in [0.4, 0.5) is 0 Å². The first-order chi connectivity index (χ1) is 7.86. The molecule has 0 N–H and O–H groups in total. The van der Waals surface area contributed by atoms with Gasteiger partial charge in [0.15, 0.2) is 12.3 Å². The number of rotatable bonds is 1. The van der Waals surface area contributed by atoms with E-state index in [2.05, 4.69) is 0 Å². The SMILES string of the molecule is O=C1[C@@H]2O[C@@H]2C2COC(c3ccccc3)N12. The Morgan fingerprint density at radius 2 is 2.06 bits per heavy atom. The van der Waals surface area contributed by atoms with Crippen molar-refractivity contribution in [1.82, 2.24) is 4.90 Å². The number of hydrogen-bond acceptors (Lipinski definition) is 3. The van der Waals surface area contributed by atoms with Crippen molar-refractivity contribution in [2.75, 3.05) is 6.61 Å². The standard InChI is InChI=1S/C12H11NO3/c14-11-10-9(16-10)8-6-15-12(13(8)11)7-4-2-1-3-5-7/h1-5,8-10,12H,6H2/t8?,9-,10-,12?/m1/s1. The Bertz CT molecular complexity index is 447. The third kappa shape index (κ3) is 0.982. The summed E-state index contributed by atoms with van der Waals surface area (Å²) in [6.45, 7) is 0.590. The third-order valence-electron chi connectivity index (χ3n) is 3.52. The molecule has 1 aromatic carbocycles. The van der Waals surface area contributed by atoms with Crippen molar-refractivity contribution >= 4 is 5.91 Å². The van der Waals surface area contributed by atoms with Gasteiger partial charge in [-0.3, -0.25) is 4.79 Å². The molecule has 4 atom stereocenters. The molecule has 3 fully saturated rings. The van der Waals surface area contributed by atoms with Crippen LogP contribution in [-0.4, -0.2) is 35.7 Å². The number of carbonyl (C=O) groups is 1. The average Bonchev–Trinajstić information content (AvgIpc) is 2.92. The van der Waals surface area contributed by atoms with Gasteiger partial charge in [-0.2, -0.15) is 0 Å². The van der Waals surface area contributed by atoms with E-state index in [0.29, 0.717) is 6.61 Å². The zero-order chi connectivity index (χ0) is 10.7. The molecule has 0 radical (unpaired) electrons. The molecular formula is C12H11NO3. The summed E-state index contributed by atoms with van der Waals surface area (Å²) in [6, 6.07) is 9.99. The van der Waals surface area contributed by atoms with Crippen molar-refractivity contribution in [2.45, 2.75) is 24.5 Å². The van der Waals surface area contributed by atoms with Crippen LogP contribution in [0.5, 0.6) is 0 Å². The fraction of sp³-hybridized carbons (Fsp3) is 0.417. The van der Waals surface area contributed by atoms with Crippen LogP contribution in [0, 0.1) is 0 Å². The molecule has 0 aliphatic carbocycles. The van der Waals surface area contributed by atoms with E-state index < -0.39 is 0 Å². The molecule has 3 heterocycles. The van der Waals surface area contributed by atoms with E-state index in [1.807, 2.05) is 35.2 Å². The topological polar surface area (TPSA) is 42.1 Å². The third-order valence-corrected chi connectivity index (χ3v) is 3.52. The Hall–Kier alpha value is -1.39. The zero-order valence-corrected chi connectivity index (χ0v) is 8.58. The first-order valence-corrected chi connectivity index (χ1v) is 5.50. The summed E-state index contributed by atoms with van der Waals surface area (Å²) in [5.41, 5.74) is 1.04. The molecule has 0 aromatic heterocycles. The second kappa shape index (κ2) is 2.84. The fourth-order valence-corrected chi connectivity index (χ4v) is 2.69. The molecule has 3 aliphatic rings. The molecule has 0 bridgehead atoms. The lowest BCUT2D eigenvalue weighted by Gasteiger charge is -2.23. The van der Waals surface area contributed by atoms with Gasteiger partial charge in [0.25, 0.3) is 5.91 Å². The minimum atomic E-state index is -0.213. The van der Waals surface area contributed by atoms with E-state index in [0.717, 1.165) is 5.56 Å². The predicted molar refractivity (Wildman–Crippen MR) is 54.4 cm³/mol. The fourth-order valence-electron chi connectivity index (χ4n) is 2.69. The van der Waals surface area contributed by atoms with Crippen LogP contribution in [0.15, 0.2) is 30.3 Å². The highest BCUT2D eigenvalue weighted by atomic mass is 16.6. The van der Waals surface area contributed by atoms with Gasteiger partial charge in [-0.15, -0.1) is 0 Å². The molecule has 3 aliphatic heterocycles. The highest BCUT2D eigenvalue weighted by Crippen LogP contribution is 2.46. The van der Waals surface area contributed by atoms with E-state index in [1.54, 1.807) is 0 Å². The van der Waals surface area contributed by atoms with Crippen LogP contribution in [0.1, 0.15) is 11.8 Å². The van der Waals surface area contributed by atoms with Crippen LogP contribution >= 0.6 is 0 Å². The van der Waals surface area contributed by atoms with Gasteiger partial charge >= 0.3 is 0 Å². The van der Waals surface area contributed by atoms with Crippen LogP contribution in [-0.2, 0) is 14.3 Å². The second-order valence-electron chi connectivity index (χ2n) is 4.43. The van der Waals surface area contributed by atoms with Crippen molar-refractivity contribution in [1.29, 1.82) is 0 Å². The average molecular weight is 217 g/mol. The summed E-state index contributed by atoms with van der Waals surface area (Å²) in [6.07, 6.45) is -0.309. The van der Waals surface area contributed by atoms with Gasteiger partial charge in [0, 0.05) is 5.56 Å². The molecule has 2 unspecified atom stereocenters. The van der Waals surface area contributed by atoms with Gasteiger partial charge in [0.05, 0.1) is 12.6 Å². The van der Waals surface area contributed by atoms with E-state index >= 15 is 0 Å². The minimum Gasteiger partial charge on any atom is -0.357 e. The Morgan fingerprint density at radius 3 is 2.88 bits per heavy atom. The summed E-state index contributed by atoms with van der Waals surface area (Å²) in [5.74, 6) is 0.0846. The molecule has 4 heteroatoms. The Balaban J connectivity index is 1.70. The Morgan fingerprint density at radius 1 is 1.25 bits per heavy atom. The van der Waals surface area contributed by atoms with E-state index in [-0.39, 0.29) is 30.4 Å². The lowest BCUT2D eigenvalue weighted by Crippen LogP contribution is -2.36. The highest BCUT2D eigenvalue weighted by Gasteiger charge is 2.65. The summed E-state index contributed by atoms with van der Waals surface area (Å²) < 4.78 is 11.0. The van der Waals surface area contributed by atoms with Gasteiger partial charge in [0.2, 0.25) is 0 Å². The first kappa shape index (κ1) is 8.73. The Labute approximate surface area is 92.8 Å². The van der Waals surface area contributed by atoms with Gasteiger partial charge in [0.1, 0.15) is 6.10 Å². The van der Waals surface area contributed by atoms with Crippen LogP contribution in [0.2, 0.25) is 0 Å². The van der Waals surface area contributed by atoms with Crippen LogP contribution in [0.25, 0.3) is 0 Å². The number of benzene rings is 1. The molecule has 4 rings (SSSR count). The molecule has 0 spiro atoms. The quantitative estimate of drug-likeness (QED) is 0.650. The molecule has 1 aromatic rings. The molecule has 4 nitrogen and oxygen atoms in total. The maximum Gasteiger partial charge on any atom is 0.257 e. The van der Waals surface area contributed by atoms with Crippen molar-refractivity contribution in [3.05, 3.63) is 35.9 Å². The second-order valence-corrected chi connectivity index (χ2v) is 4.43. The number of carbonyl (C=O) groups excluding carboxylic acids is 1. The van der Waals surface area contributed by atoms with E-state index in [9.17, 15) is 4.79 Å². The summed E-state index contributed by atoms with van der Waals surface area (Å²) in [5, 5.41) is 0. The number of nitrogens with zero attached hydrogens (tertiary/aromatic N) is 1. The first-order valence-electron chi connectivity index (χ1n) is 5.50. The Kier molecular flexibility index (Phi) is 1.55. The van der Waals surface area contributed by atoms with E-state index in [4.69, 9.17) is 9.47 Å². The van der Waals surface area contributed by atoms with Gasteiger partial charge in [-0.1, -0.05) is 30.3 Å². The number of hydrogen-bond donors (Lipinski definition) is 0. The number of morpholine rings is 1. The number of ether oxygens (including phenoxy) is 2. The molecule has 1 amide bonds. The van der Waals surface area contributed by atoms with E-state index in [1.165, 1.54) is 0 Å². The molecule has 82 valence electrons. The molecule has 0 saturated carbocycles. The van der Waals surface area contributed by atoms with Gasteiger partial charge in [-0.05, 0) is 0 Å². The summed E-state index contributed by atoms with van der Waals surface area (Å²) in [7, 11) is 0. The largest absolute Gasteiger partial charge is 0.357 e. The van der Waals surface area contributed by atoms with Crippen molar-refractivity contribution in [3.8, 4) is 0 Å². The van der Waals surface area contributed by atoms with Crippen molar-refractivity contribution < 1.29 is 14.3 Å². The molecular weight excluding hydrogens is 206 g/mol. The molecule has 16 heavy (non-hydrogen) atoms. The highest BCUT2D eigenvalue weighted by molar-refractivity contribution is 5.88. The maximum atomic E-state index is 11.9. The zero-order valence-electron chi connectivity index (χ0n) is 8.58. The minimum absolute atomic E-state index is 0.0845. The summed E-state index contributed by atoms with van der Waals surface area (Å²) in [4.78, 5) is 13.8. The number of epoxide rings is 1. The van der Waals surface area contributed by atoms with Gasteiger partial charge in [-0.25, -0.2) is 0 Å². The lowest BCUT2D eigenvalue weighted by atomic mass is 10.2. The lowest BCUT2D eigenvalue weighted by molar-refractivity contribution is -0.138. The maximum absolute atomic E-state index is 11.9. The number of fused-ring (bicyclic) bond motifs is 3. The van der Waals surface area contributed by atoms with Crippen LogP contribution < -0.4 is 0 Å². The normalized spacial score (nSPS) is 39.8. The van der Waals surface area contributed by atoms with Crippen molar-refractivity contribution in [2.24, 2.45) is 0 Å². The monoisotopic (exact) mass is 217 g/mol. The molecule has 3 saturated heterocycles. The predicted octanol–water partition coefficient (Wildman–Crippen LogP) is 0.694. The van der Waals surface area contributed by atoms with Crippen molar-refractivity contribution in [3.63, 3.8) is 0 Å². The number of amides is 1.